The molecule has 0 rings (SSSR count). The summed E-state index contributed by atoms with van der Waals surface area (Å²) in [6.45, 7) is 3.54. The number of hydrogen-bond acceptors (Lipinski definition) is 7. The van der Waals surface area contributed by atoms with Crippen LogP contribution in [0.1, 0.15) is 58.3 Å². The molecule has 0 spiro atoms. The first kappa shape index (κ1) is 28.6. The molecule has 0 aromatic rings. The van der Waals surface area contributed by atoms with Crippen molar-refractivity contribution in [3.05, 3.63) is 0 Å². The molecule has 0 aliphatic carbocycles. The third-order valence-corrected chi connectivity index (χ3v) is 3.28. The Morgan fingerprint density at radius 3 is 1.65 bits per heavy atom. The zero-order valence-electron chi connectivity index (χ0n) is 14.7. The Hall–Kier alpha value is 0.820. The van der Waals surface area contributed by atoms with Gasteiger partial charge in [0.25, 0.3) is 0 Å². The van der Waals surface area contributed by atoms with Crippen LogP contribution in [-0.2, 0) is 19.4 Å². The Morgan fingerprint density at radius 1 is 0.783 bits per heavy atom. The van der Waals surface area contributed by atoms with Crippen LogP contribution in [0.25, 0.3) is 0 Å². The van der Waals surface area contributed by atoms with E-state index in [0.29, 0.717) is 19.6 Å². The molecule has 0 atom stereocenters. The van der Waals surface area contributed by atoms with Crippen molar-refractivity contribution in [2.75, 3.05) is 19.6 Å². The Morgan fingerprint density at radius 2 is 1.22 bits per heavy atom. The molecule has 0 heterocycles. The number of unbranched alkanes of at least 4 members (excludes halogenated alkanes) is 5. The zero-order valence-corrected chi connectivity index (χ0v) is 18.7. The number of carbonyl (C=O) groups excluding carboxylic acids is 2. The summed E-state index contributed by atoms with van der Waals surface area (Å²) >= 11 is 0. The van der Waals surface area contributed by atoms with Crippen molar-refractivity contribution in [2.45, 2.75) is 58.3 Å². The summed E-state index contributed by atoms with van der Waals surface area (Å²) < 4.78 is 0. The standard InChI is InChI=1S/C14H27NO6.2Na/c1-2-3-4-5-6-7-10-15(11-8-13(16)20-18)12-9-14(17)21-19;;/h18-19H,2-12H2,1H3;;/q;2*+1/p-2. The minimum Gasteiger partial charge on any atom is -0.662 e. The van der Waals surface area contributed by atoms with Crippen LogP contribution in [0, 0.1) is 0 Å². The Kier molecular flexibility index (Phi) is 26.0. The van der Waals surface area contributed by atoms with E-state index in [1.807, 2.05) is 4.90 Å². The first-order chi connectivity index (χ1) is 10.1. The second kappa shape index (κ2) is 20.9. The van der Waals surface area contributed by atoms with Crippen LogP contribution in [-0.4, -0.2) is 36.5 Å². The van der Waals surface area contributed by atoms with Gasteiger partial charge in [-0.15, -0.1) is 0 Å². The Bertz CT molecular complexity index is 274. The van der Waals surface area contributed by atoms with Crippen LogP contribution in [0.5, 0.6) is 0 Å². The van der Waals surface area contributed by atoms with Gasteiger partial charge in [0.1, 0.15) is 0 Å². The van der Waals surface area contributed by atoms with E-state index in [0.717, 1.165) is 19.3 Å². The molecule has 0 aliphatic heterocycles. The van der Waals surface area contributed by atoms with E-state index in [9.17, 15) is 20.1 Å². The molecule has 0 aliphatic rings. The van der Waals surface area contributed by atoms with Crippen LogP contribution in [0.2, 0.25) is 0 Å². The normalized spacial score (nSPS) is 9.74. The van der Waals surface area contributed by atoms with Crippen molar-refractivity contribution >= 4 is 11.9 Å². The summed E-state index contributed by atoms with van der Waals surface area (Å²) in [7, 11) is 0. The van der Waals surface area contributed by atoms with E-state index in [1.165, 1.54) is 19.3 Å². The maximum absolute atomic E-state index is 10.9. The second-order valence-corrected chi connectivity index (χ2v) is 5.02. The molecule has 0 radical (unpaired) electrons. The fourth-order valence-corrected chi connectivity index (χ4v) is 2.03. The smallest absolute Gasteiger partial charge is 0.662 e. The van der Waals surface area contributed by atoms with Crippen LogP contribution in [0.15, 0.2) is 0 Å². The van der Waals surface area contributed by atoms with E-state index in [4.69, 9.17) is 0 Å². The fraction of sp³-hybridized carbons (Fsp3) is 0.857. The fourth-order valence-electron chi connectivity index (χ4n) is 2.03. The van der Waals surface area contributed by atoms with Gasteiger partial charge in [0.15, 0.2) is 0 Å². The van der Waals surface area contributed by atoms with Gasteiger partial charge in [-0.05, 0) is 13.0 Å². The van der Waals surface area contributed by atoms with Gasteiger partial charge in [-0.25, -0.2) is 0 Å². The summed E-state index contributed by atoms with van der Waals surface area (Å²) in [5, 5.41) is 19.9. The van der Waals surface area contributed by atoms with Crippen LogP contribution >= 0.6 is 0 Å². The molecule has 0 N–H and O–H groups in total. The number of nitrogens with zero attached hydrogens (tertiary/aromatic N) is 1. The minimum absolute atomic E-state index is 0. The van der Waals surface area contributed by atoms with Crippen molar-refractivity contribution < 1.29 is 89.0 Å². The van der Waals surface area contributed by atoms with Gasteiger partial charge in [0, 0.05) is 13.1 Å². The molecule has 0 aromatic carbocycles. The quantitative estimate of drug-likeness (QED) is 0.141. The predicted molar refractivity (Wildman–Crippen MR) is 71.2 cm³/mol. The third-order valence-electron chi connectivity index (χ3n) is 3.28. The van der Waals surface area contributed by atoms with Crippen molar-refractivity contribution in [1.82, 2.24) is 4.90 Å². The van der Waals surface area contributed by atoms with Crippen molar-refractivity contribution in [3.8, 4) is 0 Å². The van der Waals surface area contributed by atoms with Gasteiger partial charge < -0.3 is 25.2 Å². The van der Waals surface area contributed by atoms with E-state index in [1.54, 1.807) is 0 Å². The summed E-state index contributed by atoms with van der Waals surface area (Å²) in [6.07, 6.45) is 6.78. The summed E-state index contributed by atoms with van der Waals surface area (Å²) in [5.41, 5.74) is 0. The molecule has 23 heavy (non-hydrogen) atoms. The van der Waals surface area contributed by atoms with Gasteiger partial charge in [-0.2, -0.15) is 0 Å². The molecular formula is C14H25NNa2O6. The van der Waals surface area contributed by atoms with Crippen LogP contribution < -0.4 is 69.6 Å². The first-order valence-corrected chi connectivity index (χ1v) is 7.51. The van der Waals surface area contributed by atoms with E-state index < -0.39 is 11.9 Å². The maximum Gasteiger partial charge on any atom is 1.00 e. The van der Waals surface area contributed by atoms with Crippen LogP contribution in [0.3, 0.4) is 0 Å². The van der Waals surface area contributed by atoms with E-state index in [-0.39, 0.29) is 72.0 Å². The molecule has 0 bridgehead atoms. The molecule has 7 nitrogen and oxygen atoms in total. The molecule has 9 heteroatoms. The average Bonchev–Trinajstić information content (AvgIpc) is 2.51. The zero-order chi connectivity index (χ0) is 15.9. The summed E-state index contributed by atoms with van der Waals surface area (Å²) in [4.78, 5) is 30.3. The van der Waals surface area contributed by atoms with E-state index >= 15 is 0 Å². The Balaban J connectivity index is -0.00000200. The molecular weight excluding hydrogens is 324 g/mol. The Labute approximate surface area is 182 Å². The van der Waals surface area contributed by atoms with Crippen molar-refractivity contribution in [2.24, 2.45) is 0 Å². The first-order valence-electron chi connectivity index (χ1n) is 7.51. The van der Waals surface area contributed by atoms with Gasteiger partial charge in [0.2, 0.25) is 0 Å². The molecule has 0 aromatic heterocycles. The van der Waals surface area contributed by atoms with Gasteiger partial charge in [0.05, 0.1) is 12.8 Å². The predicted octanol–water partition coefficient (Wildman–Crippen LogP) is -5.93. The van der Waals surface area contributed by atoms with Crippen molar-refractivity contribution in [1.29, 1.82) is 0 Å². The summed E-state index contributed by atoms with van der Waals surface area (Å²) in [5.74, 6) is -1.65. The van der Waals surface area contributed by atoms with Gasteiger partial charge in [-0.3, -0.25) is 9.59 Å². The largest absolute Gasteiger partial charge is 1.00 e. The molecule has 0 saturated heterocycles. The van der Waals surface area contributed by atoms with Crippen molar-refractivity contribution in [3.63, 3.8) is 0 Å². The van der Waals surface area contributed by atoms with Crippen LogP contribution in [0.4, 0.5) is 0 Å². The third kappa shape index (κ3) is 19.0. The molecule has 124 valence electrons. The number of carbonyl (C=O) groups is 2. The molecule has 0 unspecified atom stereocenters. The number of hydrogen-bond donors (Lipinski definition) is 0. The van der Waals surface area contributed by atoms with E-state index in [2.05, 4.69) is 16.7 Å². The topological polar surface area (TPSA) is 102 Å². The summed E-state index contributed by atoms with van der Waals surface area (Å²) in [6, 6.07) is 0. The minimum atomic E-state index is -0.825. The molecule has 0 fully saturated rings. The average molecular weight is 349 g/mol. The monoisotopic (exact) mass is 349 g/mol. The maximum atomic E-state index is 10.9. The SMILES string of the molecule is CCCCCCCCN(CCC(=O)O[O-])CCC(=O)O[O-].[Na+].[Na+]. The molecule has 0 amide bonds. The van der Waals surface area contributed by atoms with Gasteiger partial charge in [-0.1, -0.05) is 39.0 Å². The molecule has 0 saturated carbocycles. The number of rotatable bonds is 13. The second-order valence-electron chi connectivity index (χ2n) is 5.02. The van der Waals surface area contributed by atoms with Gasteiger partial charge >= 0.3 is 71.1 Å².